The van der Waals surface area contributed by atoms with E-state index >= 15 is 0 Å². The molecule has 2 atom stereocenters. The highest BCUT2D eigenvalue weighted by Crippen LogP contribution is 2.27. The number of aryl methyl sites for hydroxylation is 1. The van der Waals surface area contributed by atoms with Gasteiger partial charge in [0.2, 0.25) is 0 Å². The summed E-state index contributed by atoms with van der Waals surface area (Å²) in [7, 11) is 0. The van der Waals surface area contributed by atoms with Crippen molar-refractivity contribution >= 4 is 5.97 Å². The van der Waals surface area contributed by atoms with Crippen molar-refractivity contribution in [2.75, 3.05) is 6.56 Å². The summed E-state index contributed by atoms with van der Waals surface area (Å²) in [6.45, 7) is -2.67. The van der Waals surface area contributed by atoms with Crippen molar-refractivity contribution in [3.05, 3.63) is 18.2 Å². The number of hydrogen-bond donors (Lipinski definition) is 0. The zero-order valence-electron chi connectivity index (χ0n) is 13.4. The van der Waals surface area contributed by atoms with Gasteiger partial charge in [0.05, 0.1) is 21.5 Å². The molecular formula is C11H16N2O2. The van der Waals surface area contributed by atoms with E-state index in [1.165, 1.54) is 12.5 Å². The molecule has 2 heterocycles. The molecule has 0 bridgehead atoms. The molecule has 1 fully saturated rings. The summed E-state index contributed by atoms with van der Waals surface area (Å²) in [6, 6.07) is 0. The molecule has 0 amide bonds. The van der Waals surface area contributed by atoms with Crippen LogP contribution in [0.15, 0.2) is 12.5 Å². The molecule has 2 rings (SSSR count). The second kappa shape index (κ2) is 4.04. The monoisotopic (exact) mass is 213 g/mol. The summed E-state index contributed by atoms with van der Waals surface area (Å²) in [4.78, 5) is 15.4. The number of nitrogens with zero attached hydrogens (tertiary/aromatic N) is 2. The second-order valence-corrected chi connectivity index (χ2v) is 3.62. The maximum absolute atomic E-state index is 11.6. The largest absolute Gasteiger partial charge is 0.465 e. The van der Waals surface area contributed by atoms with Crippen LogP contribution in [0.3, 0.4) is 0 Å². The lowest BCUT2D eigenvalue weighted by Crippen LogP contribution is -2.18. The van der Waals surface area contributed by atoms with E-state index in [9.17, 15) is 4.79 Å². The Hall–Kier alpha value is -1.32. The normalized spacial score (nSPS) is 34.7. The molecule has 1 aromatic rings. The summed E-state index contributed by atoms with van der Waals surface area (Å²) < 4.78 is 43.6. The Morgan fingerprint density at radius 1 is 1.87 bits per heavy atom. The van der Waals surface area contributed by atoms with Crippen molar-refractivity contribution in [2.45, 2.75) is 19.8 Å². The number of imidazole rings is 1. The standard InChI is InChI=1S/C11H16N2O2/c1-3-10-8(6-15-11(10)14)4-9-5-12-7-13(9)2/h5,7-8,10H,3-4,6H2,1-2H3/t8-,10-/m0/s1/i2D3,6D2. The smallest absolute Gasteiger partial charge is 0.309 e. The molecule has 0 spiro atoms. The third kappa shape index (κ3) is 1.89. The quantitative estimate of drug-likeness (QED) is 0.708. The molecule has 4 nitrogen and oxygen atoms in total. The summed E-state index contributed by atoms with van der Waals surface area (Å²) in [6.07, 6.45) is 3.12. The Morgan fingerprint density at radius 3 is 3.47 bits per heavy atom. The maximum atomic E-state index is 11.6. The van der Waals surface area contributed by atoms with Gasteiger partial charge in [-0.15, -0.1) is 0 Å². The van der Waals surface area contributed by atoms with Gasteiger partial charge in [-0.2, -0.15) is 0 Å². The number of esters is 1. The van der Waals surface area contributed by atoms with Crippen LogP contribution >= 0.6 is 0 Å². The molecule has 82 valence electrons. The van der Waals surface area contributed by atoms with E-state index in [1.807, 2.05) is 0 Å². The molecule has 0 aromatic carbocycles. The number of carbonyl (C=O) groups excluding carboxylic acids is 1. The third-order valence-electron chi connectivity index (χ3n) is 2.68. The maximum Gasteiger partial charge on any atom is 0.309 e. The van der Waals surface area contributed by atoms with E-state index in [-0.39, 0.29) is 6.42 Å². The molecule has 1 saturated heterocycles. The lowest BCUT2D eigenvalue weighted by molar-refractivity contribution is -0.141. The van der Waals surface area contributed by atoms with E-state index in [2.05, 4.69) is 4.98 Å². The van der Waals surface area contributed by atoms with Gasteiger partial charge in [0, 0.05) is 28.9 Å². The third-order valence-corrected chi connectivity index (χ3v) is 2.68. The van der Waals surface area contributed by atoms with Crippen molar-refractivity contribution in [3.63, 3.8) is 0 Å². The molecular weight excluding hydrogens is 192 g/mol. The number of hydrogen-bond acceptors (Lipinski definition) is 3. The topological polar surface area (TPSA) is 44.1 Å². The Balaban J connectivity index is 2.29. The molecule has 0 radical (unpaired) electrons. The van der Waals surface area contributed by atoms with Gasteiger partial charge in [-0.3, -0.25) is 4.79 Å². The lowest BCUT2D eigenvalue weighted by Gasteiger charge is -2.12. The molecule has 1 aliphatic rings. The summed E-state index contributed by atoms with van der Waals surface area (Å²) >= 11 is 0. The number of carbonyl (C=O) groups is 1. The second-order valence-electron chi connectivity index (χ2n) is 3.62. The van der Waals surface area contributed by atoms with E-state index in [1.54, 1.807) is 6.92 Å². The highest BCUT2D eigenvalue weighted by atomic mass is 16.5. The predicted octanol–water partition coefficient (Wildman–Crippen LogP) is 1.16. The van der Waals surface area contributed by atoms with Crippen LogP contribution in [0, 0.1) is 11.8 Å². The van der Waals surface area contributed by atoms with Crippen LogP contribution in [0.2, 0.25) is 0 Å². The fourth-order valence-corrected chi connectivity index (χ4v) is 1.79. The van der Waals surface area contributed by atoms with Gasteiger partial charge < -0.3 is 9.30 Å². The molecule has 0 saturated carbocycles. The first-order valence-electron chi connectivity index (χ1n) is 7.41. The van der Waals surface area contributed by atoms with Crippen molar-refractivity contribution in [2.24, 2.45) is 18.8 Å². The van der Waals surface area contributed by atoms with E-state index in [4.69, 9.17) is 11.6 Å². The minimum Gasteiger partial charge on any atom is -0.465 e. The van der Waals surface area contributed by atoms with E-state index in [0.717, 1.165) is 4.57 Å². The predicted molar refractivity (Wildman–Crippen MR) is 55.1 cm³/mol. The van der Waals surface area contributed by atoms with E-state index in [0.29, 0.717) is 12.1 Å². The number of rotatable bonds is 3. The zero-order chi connectivity index (χ0) is 15.1. The Kier molecular flexibility index (Phi) is 1.53. The van der Waals surface area contributed by atoms with Gasteiger partial charge >= 0.3 is 5.97 Å². The van der Waals surface area contributed by atoms with Gasteiger partial charge in [0.25, 0.3) is 0 Å². The fourth-order valence-electron chi connectivity index (χ4n) is 1.79. The van der Waals surface area contributed by atoms with Gasteiger partial charge in [0.15, 0.2) is 0 Å². The number of cyclic esters (lactones) is 1. The van der Waals surface area contributed by atoms with Crippen LogP contribution in [0.4, 0.5) is 0 Å². The average molecular weight is 213 g/mol. The number of ether oxygens (including phenoxy) is 1. The number of aromatic nitrogens is 2. The summed E-state index contributed by atoms with van der Waals surface area (Å²) in [5, 5.41) is 0. The van der Waals surface area contributed by atoms with Crippen LogP contribution in [0.1, 0.15) is 25.9 Å². The van der Waals surface area contributed by atoms with Crippen molar-refractivity contribution < 1.29 is 16.4 Å². The molecule has 0 aliphatic carbocycles. The summed E-state index contributed by atoms with van der Waals surface area (Å²) in [5.41, 5.74) is 0.371. The summed E-state index contributed by atoms with van der Waals surface area (Å²) in [5.74, 6) is -1.84. The molecule has 0 unspecified atom stereocenters. The highest BCUT2D eigenvalue weighted by Gasteiger charge is 2.35. The van der Waals surface area contributed by atoms with Gasteiger partial charge in [0.1, 0.15) is 0 Å². The molecule has 1 aliphatic heterocycles. The first-order valence-corrected chi connectivity index (χ1v) is 4.91. The minimum atomic E-state index is -2.37. The van der Waals surface area contributed by atoms with Crippen molar-refractivity contribution in [1.82, 2.24) is 9.55 Å². The Bertz CT molecular complexity index is 511. The SMILES string of the molecule is [2H]C1([2H])OC(=O)[C@@H](CC)[C@H]1Cc1cncn1C([2H])([2H])[2H]. The van der Waals surface area contributed by atoms with Crippen molar-refractivity contribution in [1.29, 1.82) is 0 Å². The highest BCUT2D eigenvalue weighted by molar-refractivity contribution is 5.74. The van der Waals surface area contributed by atoms with Crippen LogP contribution < -0.4 is 0 Å². The van der Waals surface area contributed by atoms with Gasteiger partial charge in [-0.1, -0.05) is 6.92 Å². The Morgan fingerprint density at radius 2 is 2.73 bits per heavy atom. The molecule has 4 heteroatoms. The minimum absolute atomic E-state index is 0.0929. The van der Waals surface area contributed by atoms with Gasteiger partial charge in [-0.05, 0) is 12.8 Å². The first kappa shape index (κ1) is 5.68. The van der Waals surface area contributed by atoms with Crippen LogP contribution in [-0.4, -0.2) is 22.1 Å². The Labute approximate surface area is 96.3 Å². The fraction of sp³-hybridized carbons (Fsp3) is 0.636. The van der Waals surface area contributed by atoms with Crippen LogP contribution in [0.5, 0.6) is 0 Å². The zero-order valence-corrected chi connectivity index (χ0v) is 8.43. The van der Waals surface area contributed by atoms with E-state index < -0.39 is 31.3 Å². The molecule has 0 N–H and O–H groups in total. The van der Waals surface area contributed by atoms with Crippen molar-refractivity contribution in [3.8, 4) is 0 Å². The molecule has 15 heavy (non-hydrogen) atoms. The van der Waals surface area contributed by atoms with Crippen LogP contribution in [-0.2, 0) is 22.9 Å². The average Bonchev–Trinajstić information content (AvgIpc) is 2.82. The lowest BCUT2D eigenvalue weighted by atomic mass is 9.89. The molecule has 1 aromatic heterocycles. The first-order chi connectivity index (χ1) is 9.16. The van der Waals surface area contributed by atoms with Crippen LogP contribution in [0.25, 0.3) is 0 Å². The van der Waals surface area contributed by atoms with Gasteiger partial charge in [-0.25, -0.2) is 4.98 Å².